The first-order valence-corrected chi connectivity index (χ1v) is 6.58. The molecule has 2 nitrogen and oxygen atoms in total. The van der Waals surface area contributed by atoms with Crippen LogP contribution in [0.3, 0.4) is 0 Å². The molecule has 0 aliphatic rings. The van der Waals surface area contributed by atoms with E-state index in [1.165, 1.54) is 0 Å². The molecular weight excluding hydrogens is 284 g/mol. The van der Waals surface area contributed by atoms with Crippen LogP contribution in [0.4, 0.5) is 17.6 Å². The van der Waals surface area contributed by atoms with Crippen molar-refractivity contribution in [3.8, 4) is 0 Å². The fourth-order valence-corrected chi connectivity index (χ4v) is 1.85. The van der Waals surface area contributed by atoms with Crippen LogP contribution in [-0.2, 0) is 15.0 Å². The average Bonchev–Trinajstić information content (AvgIpc) is 2.15. The lowest BCUT2D eigenvalue weighted by Crippen LogP contribution is -2.34. The van der Waals surface area contributed by atoms with E-state index in [2.05, 4.69) is 0 Å². The van der Waals surface area contributed by atoms with E-state index in [4.69, 9.17) is 10.7 Å². The fraction of sp³-hybridized carbons (Fsp3) is 0.333. The van der Waals surface area contributed by atoms with Crippen molar-refractivity contribution in [3.05, 3.63) is 29.8 Å². The molecular formula is C9H7ClF4O2S. The summed E-state index contributed by atoms with van der Waals surface area (Å²) in [5.41, 5.74) is -0.978. The number of halogens is 5. The summed E-state index contributed by atoms with van der Waals surface area (Å²) in [6.07, 6.45) is 0. The highest BCUT2D eigenvalue weighted by atomic mass is 35.7. The third kappa shape index (κ3) is 2.90. The Morgan fingerprint density at radius 2 is 1.47 bits per heavy atom. The molecule has 0 spiro atoms. The molecule has 0 saturated carbocycles. The smallest absolute Gasteiger partial charge is 0.207 e. The van der Waals surface area contributed by atoms with Crippen LogP contribution in [0.1, 0.15) is 12.5 Å². The highest BCUT2D eigenvalue weighted by Crippen LogP contribution is 2.42. The molecule has 0 atom stereocenters. The SMILES string of the molecule is CC(F)(F)C(F)(F)c1ccc(S(=O)(=O)Cl)cc1. The molecule has 0 heterocycles. The van der Waals surface area contributed by atoms with Crippen LogP contribution < -0.4 is 0 Å². The summed E-state index contributed by atoms with van der Waals surface area (Å²) in [6.45, 7) is 0.0825. The first kappa shape index (κ1) is 14.2. The van der Waals surface area contributed by atoms with Crippen molar-refractivity contribution in [2.24, 2.45) is 0 Å². The van der Waals surface area contributed by atoms with Crippen molar-refractivity contribution < 1.29 is 26.0 Å². The second-order valence-electron chi connectivity index (χ2n) is 3.42. The Morgan fingerprint density at radius 3 is 1.76 bits per heavy atom. The average molecular weight is 291 g/mol. The molecule has 1 rings (SSSR count). The van der Waals surface area contributed by atoms with Gasteiger partial charge in [0, 0.05) is 23.2 Å². The van der Waals surface area contributed by atoms with E-state index in [0.717, 1.165) is 12.1 Å². The second-order valence-corrected chi connectivity index (χ2v) is 5.99. The van der Waals surface area contributed by atoms with Gasteiger partial charge in [-0.05, 0) is 12.1 Å². The second kappa shape index (κ2) is 4.13. The molecule has 0 bridgehead atoms. The highest BCUT2D eigenvalue weighted by molar-refractivity contribution is 8.13. The topological polar surface area (TPSA) is 34.1 Å². The Balaban J connectivity index is 3.21. The zero-order valence-corrected chi connectivity index (χ0v) is 10.00. The maximum atomic E-state index is 13.2. The van der Waals surface area contributed by atoms with Crippen LogP contribution in [0.5, 0.6) is 0 Å². The van der Waals surface area contributed by atoms with Crippen LogP contribution in [0, 0.1) is 0 Å². The zero-order chi connectivity index (χ0) is 13.5. The van der Waals surface area contributed by atoms with Gasteiger partial charge in [0.25, 0.3) is 9.05 Å². The summed E-state index contributed by atoms with van der Waals surface area (Å²) in [5, 5.41) is 0. The summed E-state index contributed by atoms with van der Waals surface area (Å²) in [5.74, 6) is -8.62. The molecule has 0 radical (unpaired) electrons. The van der Waals surface area contributed by atoms with Gasteiger partial charge in [-0.2, -0.15) is 17.6 Å². The van der Waals surface area contributed by atoms with Crippen LogP contribution in [0.25, 0.3) is 0 Å². The number of benzene rings is 1. The fourth-order valence-electron chi connectivity index (χ4n) is 1.08. The van der Waals surface area contributed by atoms with Gasteiger partial charge in [0.15, 0.2) is 0 Å². The third-order valence-corrected chi connectivity index (χ3v) is 3.42. The van der Waals surface area contributed by atoms with E-state index in [1.54, 1.807) is 0 Å². The summed E-state index contributed by atoms with van der Waals surface area (Å²) in [7, 11) is 0.891. The van der Waals surface area contributed by atoms with Crippen molar-refractivity contribution >= 4 is 19.7 Å². The molecule has 8 heteroatoms. The predicted octanol–water partition coefficient (Wildman–Crippen LogP) is 3.36. The van der Waals surface area contributed by atoms with Crippen molar-refractivity contribution in [2.75, 3.05) is 0 Å². The monoisotopic (exact) mass is 290 g/mol. The summed E-state index contributed by atoms with van der Waals surface area (Å²) in [4.78, 5) is -0.432. The predicted molar refractivity (Wildman–Crippen MR) is 54.0 cm³/mol. The van der Waals surface area contributed by atoms with Crippen molar-refractivity contribution in [3.63, 3.8) is 0 Å². The number of rotatable bonds is 3. The Morgan fingerprint density at radius 1 is 1.06 bits per heavy atom. The molecule has 96 valence electrons. The Hall–Kier alpha value is -0.820. The molecule has 0 saturated heterocycles. The Labute approximate surface area is 99.6 Å². The van der Waals surface area contributed by atoms with Gasteiger partial charge in [-0.1, -0.05) is 12.1 Å². The molecule has 0 aliphatic carbocycles. The quantitative estimate of drug-likeness (QED) is 0.632. The molecule has 1 aromatic rings. The minimum atomic E-state index is -4.37. The molecule has 17 heavy (non-hydrogen) atoms. The summed E-state index contributed by atoms with van der Waals surface area (Å²) in [6, 6.07) is 2.70. The largest absolute Gasteiger partial charge is 0.335 e. The van der Waals surface area contributed by atoms with Gasteiger partial charge in [-0.25, -0.2) is 8.42 Å². The number of hydrogen-bond acceptors (Lipinski definition) is 2. The van der Waals surface area contributed by atoms with Gasteiger partial charge in [0.2, 0.25) is 0 Å². The van der Waals surface area contributed by atoms with Gasteiger partial charge >= 0.3 is 11.8 Å². The Kier molecular flexibility index (Phi) is 3.46. The summed E-state index contributed by atoms with van der Waals surface area (Å²) >= 11 is 0. The lowest BCUT2D eigenvalue weighted by atomic mass is 10.0. The van der Waals surface area contributed by atoms with Gasteiger partial charge in [-0.3, -0.25) is 0 Å². The first-order chi connectivity index (χ1) is 7.46. The molecule has 0 N–H and O–H groups in total. The zero-order valence-electron chi connectivity index (χ0n) is 8.42. The molecule has 0 fully saturated rings. The molecule has 1 aromatic carbocycles. The maximum absolute atomic E-state index is 13.2. The van der Waals surface area contributed by atoms with Crippen molar-refractivity contribution in [1.82, 2.24) is 0 Å². The number of alkyl halides is 4. The van der Waals surface area contributed by atoms with Gasteiger partial charge in [-0.15, -0.1) is 0 Å². The third-order valence-electron chi connectivity index (χ3n) is 2.05. The van der Waals surface area contributed by atoms with E-state index >= 15 is 0 Å². The minimum absolute atomic E-state index is 0.0825. The van der Waals surface area contributed by atoms with E-state index in [1.807, 2.05) is 0 Å². The lowest BCUT2D eigenvalue weighted by Gasteiger charge is -2.23. The maximum Gasteiger partial charge on any atom is 0.335 e. The van der Waals surface area contributed by atoms with Crippen LogP contribution in [0.15, 0.2) is 29.2 Å². The molecule has 0 aliphatic heterocycles. The molecule has 0 aromatic heterocycles. The van der Waals surface area contributed by atoms with Gasteiger partial charge in [0.1, 0.15) is 0 Å². The van der Waals surface area contributed by atoms with Crippen molar-refractivity contribution in [2.45, 2.75) is 23.7 Å². The van der Waals surface area contributed by atoms with Gasteiger partial charge in [0.05, 0.1) is 4.90 Å². The van der Waals surface area contributed by atoms with E-state index in [0.29, 0.717) is 12.1 Å². The summed E-state index contributed by atoms with van der Waals surface area (Å²) < 4.78 is 73.2. The van der Waals surface area contributed by atoms with Crippen LogP contribution >= 0.6 is 10.7 Å². The van der Waals surface area contributed by atoms with Crippen LogP contribution in [-0.4, -0.2) is 14.3 Å². The Bertz CT molecular complexity index is 505. The van der Waals surface area contributed by atoms with E-state index < -0.39 is 31.4 Å². The van der Waals surface area contributed by atoms with E-state index in [9.17, 15) is 26.0 Å². The lowest BCUT2D eigenvalue weighted by molar-refractivity contribution is -0.204. The standard InChI is InChI=1S/C9H7ClF4O2S/c1-8(11,12)9(13,14)6-2-4-7(5-3-6)17(10,15)16/h2-5H,1H3. The van der Waals surface area contributed by atoms with Gasteiger partial charge < -0.3 is 0 Å². The molecule has 0 unspecified atom stereocenters. The van der Waals surface area contributed by atoms with E-state index in [-0.39, 0.29) is 6.92 Å². The molecule has 0 amide bonds. The highest BCUT2D eigenvalue weighted by Gasteiger charge is 2.53. The van der Waals surface area contributed by atoms with Crippen molar-refractivity contribution in [1.29, 1.82) is 0 Å². The normalized spacial score (nSPS) is 13.8. The number of hydrogen-bond donors (Lipinski definition) is 0. The minimum Gasteiger partial charge on any atom is -0.207 e. The van der Waals surface area contributed by atoms with Crippen LogP contribution in [0.2, 0.25) is 0 Å². The first-order valence-electron chi connectivity index (χ1n) is 4.27.